The summed E-state index contributed by atoms with van der Waals surface area (Å²) in [6.45, 7) is 2.61. The van der Waals surface area contributed by atoms with Crippen LogP contribution in [0.15, 0.2) is 65.7 Å². The first-order valence-corrected chi connectivity index (χ1v) is 9.71. The van der Waals surface area contributed by atoms with E-state index in [1.165, 1.54) is 10.9 Å². The highest BCUT2D eigenvalue weighted by atomic mass is 16.2. The third-order valence-corrected chi connectivity index (χ3v) is 6.06. The zero-order valence-corrected chi connectivity index (χ0v) is 15.5. The quantitative estimate of drug-likeness (QED) is 0.759. The van der Waals surface area contributed by atoms with Gasteiger partial charge >= 0.3 is 0 Å². The lowest BCUT2D eigenvalue weighted by molar-refractivity contribution is -0.133. The highest BCUT2D eigenvalue weighted by Crippen LogP contribution is 2.42. The van der Waals surface area contributed by atoms with Crippen molar-refractivity contribution < 1.29 is 4.79 Å². The van der Waals surface area contributed by atoms with Crippen LogP contribution in [0.1, 0.15) is 11.6 Å². The normalized spacial score (nSPS) is 23.9. The molecule has 5 rings (SSSR count). The van der Waals surface area contributed by atoms with Gasteiger partial charge in [0.15, 0.2) is 0 Å². The molecule has 0 bridgehead atoms. The van der Waals surface area contributed by atoms with Crippen LogP contribution in [0.25, 0.3) is 10.9 Å². The predicted octanol–water partition coefficient (Wildman–Crippen LogP) is 1.82. The summed E-state index contributed by atoms with van der Waals surface area (Å²) in [6, 6.07) is 17.5. The fraction of sp³-hybridized carbons (Fsp3) is 0.318. The minimum Gasteiger partial charge on any atom is -0.333 e. The van der Waals surface area contributed by atoms with Crippen LogP contribution in [0.2, 0.25) is 0 Å². The number of benzene rings is 2. The first-order chi connectivity index (χ1) is 13.7. The van der Waals surface area contributed by atoms with Gasteiger partial charge in [-0.3, -0.25) is 14.2 Å². The van der Waals surface area contributed by atoms with Crippen molar-refractivity contribution in [3.63, 3.8) is 0 Å². The molecule has 2 aromatic carbocycles. The Labute approximate surface area is 162 Å². The van der Waals surface area contributed by atoms with E-state index in [0.29, 0.717) is 22.7 Å². The predicted molar refractivity (Wildman–Crippen MR) is 107 cm³/mol. The number of carbonyl (C=O) groups excluding carboxylic acids is 1. The Morgan fingerprint density at radius 3 is 2.71 bits per heavy atom. The number of hydrogen-bond donors (Lipinski definition) is 1. The number of nitrogens with one attached hydrogen (secondary N) is 1. The summed E-state index contributed by atoms with van der Waals surface area (Å²) in [4.78, 5) is 32.3. The van der Waals surface area contributed by atoms with E-state index in [1.807, 2.05) is 41.3 Å². The molecule has 0 saturated carbocycles. The standard InChI is InChI=1S/C22H22N4O2/c27-20(13-25-14-24-19-9-5-4-8-17(19)22(25)28)26-12-16-10-23-11-18(16)21(26)15-6-2-1-3-7-15/h1-9,14,16,18,21,23H,10-13H2/t16-,18-,21-/m0/s1. The van der Waals surface area contributed by atoms with Crippen LogP contribution >= 0.6 is 0 Å². The van der Waals surface area contributed by atoms with Gasteiger partial charge < -0.3 is 10.2 Å². The summed E-state index contributed by atoms with van der Waals surface area (Å²) in [6.07, 6.45) is 1.48. The highest BCUT2D eigenvalue weighted by molar-refractivity contribution is 5.79. The Morgan fingerprint density at radius 1 is 1.07 bits per heavy atom. The van der Waals surface area contributed by atoms with Crippen molar-refractivity contribution in [3.05, 3.63) is 76.8 Å². The number of hydrogen-bond acceptors (Lipinski definition) is 4. The largest absolute Gasteiger partial charge is 0.333 e. The number of amides is 1. The van der Waals surface area contributed by atoms with Crippen molar-refractivity contribution in [2.24, 2.45) is 11.8 Å². The van der Waals surface area contributed by atoms with Crippen LogP contribution in [0, 0.1) is 11.8 Å². The minimum atomic E-state index is -0.170. The second kappa shape index (κ2) is 6.87. The van der Waals surface area contributed by atoms with Crippen LogP contribution in [0.5, 0.6) is 0 Å². The fourth-order valence-corrected chi connectivity index (χ4v) is 4.71. The number of carbonyl (C=O) groups is 1. The molecule has 6 nitrogen and oxygen atoms in total. The first kappa shape index (κ1) is 17.1. The Bertz CT molecular complexity index is 1080. The zero-order valence-electron chi connectivity index (χ0n) is 15.5. The van der Waals surface area contributed by atoms with Crippen LogP contribution in [-0.2, 0) is 11.3 Å². The van der Waals surface area contributed by atoms with Gasteiger partial charge in [0.05, 0.1) is 23.3 Å². The molecule has 28 heavy (non-hydrogen) atoms. The number of aromatic nitrogens is 2. The Hall–Kier alpha value is -2.99. The van der Waals surface area contributed by atoms with E-state index >= 15 is 0 Å². The van der Waals surface area contributed by atoms with E-state index in [-0.39, 0.29) is 24.1 Å². The highest BCUT2D eigenvalue weighted by Gasteiger charge is 2.46. The minimum absolute atomic E-state index is 0.0207. The molecule has 0 aliphatic carbocycles. The summed E-state index contributed by atoms with van der Waals surface area (Å²) >= 11 is 0. The van der Waals surface area contributed by atoms with E-state index in [1.54, 1.807) is 6.07 Å². The Morgan fingerprint density at radius 2 is 1.86 bits per heavy atom. The van der Waals surface area contributed by atoms with Crippen LogP contribution in [0.3, 0.4) is 0 Å². The lowest BCUT2D eigenvalue weighted by Gasteiger charge is -2.28. The van der Waals surface area contributed by atoms with E-state index < -0.39 is 0 Å². The molecule has 2 aliphatic heterocycles. The molecule has 1 aromatic heterocycles. The Kier molecular flexibility index (Phi) is 4.20. The monoisotopic (exact) mass is 374 g/mol. The molecule has 2 fully saturated rings. The van der Waals surface area contributed by atoms with Gasteiger partial charge in [0, 0.05) is 25.6 Å². The average molecular weight is 374 g/mol. The number of fused-ring (bicyclic) bond motifs is 2. The average Bonchev–Trinajstić information content (AvgIpc) is 3.32. The molecule has 1 amide bonds. The number of para-hydroxylation sites is 1. The van der Waals surface area contributed by atoms with Gasteiger partial charge in [0.2, 0.25) is 5.91 Å². The fourth-order valence-electron chi connectivity index (χ4n) is 4.71. The second-order valence-electron chi connectivity index (χ2n) is 7.68. The van der Waals surface area contributed by atoms with E-state index in [4.69, 9.17) is 0 Å². The van der Waals surface area contributed by atoms with Crippen molar-refractivity contribution in [3.8, 4) is 0 Å². The van der Waals surface area contributed by atoms with Crippen LogP contribution in [-0.4, -0.2) is 40.0 Å². The molecule has 2 saturated heterocycles. The van der Waals surface area contributed by atoms with Gasteiger partial charge in [-0.25, -0.2) is 4.98 Å². The van der Waals surface area contributed by atoms with Crippen molar-refractivity contribution in [2.75, 3.05) is 19.6 Å². The van der Waals surface area contributed by atoms with Crippen molar-refractivity contribution in [1.82, 2.24) is 19.8 Å². The molecule has 1 N–H and O–H groups in total. The van der Waals surface area contributed by atoms with Gasteiger partial charge in [0.25, 0.3) is 5.56 Å². The van der Waals surface area contributed by atoms with Gasteiger partial charge in [-0.05, 0) is 23.6 Å². The molecular formula is C22H22N4O2. The molecule has 0 spiro atoms. The lowest BCUT2D eigenvalue weighted by Crippen LogP contribution is -2.38. The smallest absolute Gasteiger partial charge is 0.261 e. The van der Waals surface area contributed by atoms with Gasteiger partial charge in [-0.15, -0.1) is 0 Å². The summed E-state index contributed by atoms with van der Waals surface area (Å²) in [7, 11) is 0. The molecule has 3 atom stereocenters. The van der Waals surface area contributed by atoms with Crippen LogP contribution in [0.4, 0.5) is 0 Å². The molecule has 3 aromatic rings. The molecule has 142 valence electrons. The van der Waals surface area contributed by atoms with Gasteiger partial charge in [0.1, 0.15) is 6.54 Å². The van der Waals surface area contributed by atoms with Crippen molar-refractivity contribution in [1.29, 1.82) is 0 Å². The summed E-state index contributed by atoms with van der Waals surface area (Å²) in [5.41, 5.74) is 1.65. The molecule has 3 heterocycles. The number of nitrogens with zero attached hydrogens (tertiary/aromatic N) is 3. The summed E-state index contributed by atoms with van der Waals surface area (Å²) in [5.74, 6) is 0.848. The van der Waals surface area contributed by atoms with Gasteiger partial charge in [-0.2, -0.15) is 0 Å². The van der Waals surface area contributed by atoms with E-state index in [2.05, 4.69) is 22.4 Å². The van der Waals surface area contributed by atoms with Crippen molar-refractivity contribution >= 4 is 16.8 Å². The maximum atomic E-state index is 13.2. The third-order valence-electron chi connectivity index (χ3n) is 6.06. The van der Waals surface area contributed by atoms with Crippen LogP contribution < -0.4 is 10.9 Å². The van der Waals surface area contributed by atoms with Crippen molar-refractivity contribution in [2.45, 2.75) is 12.6 Å². The van der Waals surface area contributed by atoms with E-state index in [9.17, 15) is 9.59 Å². The van der Waals surface area contributed by atoms with E-state index in [0.717, 1.165) is 25.2 Å². The molecule has 2 aliphatic rings. The second-order valence-corrected chi connectivity index (χ2v) is 7.68. The number of rotatable bonds is 3. The lowest BCUT2D eigenvalue weighted by atomic mass is 9.89. The molecule has 0 unspecified atom stereocenters. The number of likely N-dealkylation sites (tertiary alicyclic amines) is 1. The third kappa shape index (κ3) is 2.81. The molecule has 0 radical (unpaired) electrons. The SMILES string of the molecule is O=C(Cn1cnc2ccccc2c1=O)N1C[C@@H]2CNC[C@@H]2[C@@H]1c1ccccc1. The first-order valence-electron chi connectivity index (χ1n) is 9.71. The molecular weight excluding hydrogens is 352 g/mol. The summed E-state index contributed by atoms with van der Waals surface area (Å²) in [5, 5.41) is 4.00. The molecule has 6 heteroatoms. The zero-order chi connectivity index (χ0) is 19.1. The maximum absolute atomic E-state index is 13.2. The topological polar surface area (TPSA) is 67.2 Å². The maximum Gasteiger partial charge on any atom is 0.261 e. The van der Waals surface area contributed by atoms with Gasteiger partial charge in [-0.1, -0.05) is 42.5 Å². The summed E-state index contributed by atoms with van der Waals surface area (Å²) < 4.78 is 1.43. The Balaban J connectivity index is 1.46.